The zero-order valence-corrected chi connectivity index (χ0v) is 17.6. The second-order valence-electron chi connectivity index (χ2n) is 7.45. The third-order valence-corrected chi connectivity index (χ3v) is 4.80. The number of esters is 1. The fraction of sp³-hybridized carbons (Fsp3) is 0.955. The van der Waals surface area contributed by atoms with Crippen LogP contribution in [0.15, 0.2) is 0 Å². The van der Waals surface area contributed by atoms with Gasteiger partial charge in [0.15, 0.2) is 0 Å². The topological polar surface area (TPSA) is 58.6 Å². The zero-order valence-electron chi connectivity index (χ0n) is 17.6. The van der Waals surface area contributed by atoms with Gasteiger partial charge in [-0.2, -0.15) is 0 Å². The molecule has 1 atom stereocenters. The standard InChI is InChI=1S/C22H45NO3/c1-3-5-7-8-9-11-16-21(15-10-6-4-2)26-22(25)17-14-19-23-18-12-13-20-24/h21,23-24H,3-20H2,1-2H3. The Balaban J connectivity index is 3.85. The summed E-state index contributed by atoms with van der Waals surface area (Å²) in [7, 11) is 0. The molecule has 0 aliphatic carbocycles. The largest absolute Gasteiger partial charge is 0.462 e. The Morgan fingerprint density at radius 1 is 0.808 bits per heavy atom. The maximum atomic E-state index is 12.1. The Hall–Kier alpha value is -0.610. The van der Waals surface area contributed by atoms with Gasteiger partial charge in [-0.15, -0.1) is 0 Å². The van der Waals surface area contributed by atoms with Crippen molar-refractivity contribution in [1.29, 1.82) is 0 Å². The lowest BCUT2D eigenvalue weighted by Crippen LogP contribution is -2.21. The van der Waals surface area contributed by atoms with E-state index in [-0.39, 0.29) is 18.7 Å². The van der Waals surface area contributed by atoms with Crippen molar-refractivity contribution in [3.05, 3.63) is 0 Å². The Morgan fingerprint density at radius 2 is 1.38 bits per heavy atom. The number of ether oxygens (including phenoxy) is 1. The molecule has 0 rings (SSSR count). The van der Waals surface area contributed by atoms with E-state index in [1.54, 1.807) is 0 Å². The van der Waals surface area contributed by atoms with Crippen LogP contribution in [0.2, 0.25) is 0 Å². The lowest BCUT2D eigenvalue weighted by Gasteiger charge is -2.18. The number of carbonyl (C=O) groups is 1. The molecule has 2 N–H and O–H groups in total. The fourth-order valence-corrected chi connectivity index (χ4v) is 3.13. The molecule has 0 aromatic rings. The molecule has 4 nitrogen and oxygen atoms in total. The van der Waals surface area contributed by atoms with Gasteiger partial charge in [0.2, 0.25) is 0 Å². The highest BCUT2D eigenvalue weighted by atomic mass is 16.5. The lowest BCUT2D eigenvalue weighted by atomic mass is 10.0. The normalized spacial score (nSPS) is 12.3. The molecule has 1 unspecified atom stereocenters. The molecule has 0 bridgehead atoms. The summed E-state index contributed by atoms with van der Waals surface area (Å²) in [5.74, 6) is -0.0327. The van der Waals surface area contributed by atoms with E-state index in [0.29, 0.717) is 6.42 Å². The molecule has 0 aromatic carbocycles. The zero-order chi connectivity index (χ0) is 19.3. The van der Waals surface area contributed by atoms with Gasteiger partial charge in [0.25, 0.3) is 0 Å². The summed E-state index contributed by atoms with van der Waals surface area (Å²) >= 11 is 0. The quantitative estimate of drug-likeness (QED) is 0.223. The number of nitrogens with one attached hydrogen (secondary N) is 1. The summed E-state index contributed by atoms with van der Waals surface area (Å²) in [5, 5.41) is 12.0. The summed E-state index contributed by atoms with van der Waals surface area (Å²) in [5.41, 5.74) is 0. The first-order valence-corrected chi connectivity index (χ1v) is 11.3. The van der Waals surface area contributed by atoms with Gasteiger partial charge in [-0.1, -0.05) is 58.8 Å². The maximum Gasteiger partial charge on any atom is 0.306 e. The predicted octanol–water partition coefficient (Wildman–Crippen LogP) is 5.37. The summed E-state index contributed by atoms with van der Waals surface area (Å²) < 4.78 is 5.77. The number of carbonyl (C=O) groups excluding carboxylic acids is 1. The van der Waals surface area contributed by atoms with Gasteiger partial charge in [-0.05, 0) is 58.0 Å². The Labute approximate surface area is 162 Å². The van der Waals surface area contributed by atoms with E-state index in [1.807, 2.05) is 0 Å². The van der Waals surface area contributed by atoms with Gasteiger partial charge < -0.3 is 15.2 Å². The van der Waals surface area contributed by atoms with Crippen LogP contribution in [0.3, 0.4) is 0 Å². The van der Waals surface area contributed by atoms with Crippen LogP contribution < -0.4 is 5.32 Å². The highest BCUT2D eigenvalue weighted by Crippen LogP contribution is 2.16. The summed E-state index contributed by atoms with van der Waals surface area (Å²) in [4.78, 5) is 12.1. The highest BCUT2D eigenvalue weighted by molar-refractivity contribution is 5.69. The molecule has 0 saturated heterocycles. The van der Waals surface area contributed by atoms with E-state index in [2.05, 4.69) is 19.2 Å². The molecular formula is C22H45NO3. The van der Waals surface area contributed by atoms with Gasteiger partial charge in [0, 0.05) is 13.0 Å². The van der Waals surface area contributed by atoms with E-state index in [9.17, 15) is 4.79 Å². The van der Waals surface area contributed by atoms with Crippen molar-refractivity contribution in [2.75, 3.05) is 19.7 Å². The van der Waals surface area contributed by atoms with Crippen molar-refractivity contribution < 1.29 is 14.6 Å². The molecule has 0 aromatic heterocycles. The molecule has 0 aliphatic heterocycles. The maximum absolute atomic E-state index is 12.1. The first-order valence-electron chi connectivity index (χ1n) is 11.3. The number of unbranched alkanes of at least 4 members (excludes halogenated alkanes) is 8. The molecule has 0 aliphatic rings. The van der Waals surface area contributed by atoms with Crippen LogP contribution >= 0.6 is 0 Å². The van der Waals surface area contributed by atoms with Gasteiger partial charge in [0.05, 0.1) is 0 Å². The van der Waals surface area contributed by atoms with E-state index >= 15 is 0 Å². The van der Waals surface area contributed by atoms with Gasteiger partial charge in [0.1, 0.15) is 6.10 Å². The summed E-state index contributed by atoms with van der Waals surface area (Å²) in [6, 6.07) is 0. The first kappa shape index (κ1) is 25.4. The van der Waals surface area contributed by atoms with Crippen LogP contribution in [0.4, 0.5) is 0 Å². The molecule has 0 radical (unpaired) electrons. The molecule has 0 amide bonds. The van der Waals surface area contributed by atoms with Crippen LogP contribution in [0.1, 0.15) is 110 Å². The Kier molecular flexibility index (Phi) is 20.2. The molecule has 0 saturated carbocycles. The van der Waals surface area contributed by atoms with Crippen molar-refractivity contribution >= 4 is 5.97 Å². The Morgan fingerprint density at radius 3 is 2.08 bits per heavy atom. The second kappa shape index (κ2) is 20.7. The summed E-state index contributed by atoms with van der Waals surface area (Å²) in [6.07, 6.45) is 16.6. The molecular weight excluding hydrogens is 326 g/mol. The molecule has 0 heterocycles. The monoisotopic (exact) mass is 371 g/mol. The van der Waals surface area contributed by atoms with E-state index < -0.39 is 0 Å². The van der Waals surface area contributed by atoms with Crippen molar-refractivity contribution in [2.24, 2.45) is 0 Å². The molecule has 4 heteroatoms. The van der Waals surface area contributed by atoms with E-state index in [4.69, 9.17) is 9.84 Å². The molecule has 26 heavy (non-hydrogen) atoms. The van der Waals surface area contributed by atoms with E-state index in [0.717, 1.165) is 51.6 Å². The first-order chi connectivity index (χ1) is 12.7. The number of hydrogen-bond acceptors (Lipinski definition) is 4. The number of hydrogen-bond donors (Lipinski definition) is 2. The van der Waals surface area contributed by atoms with Crippen molar-refractivity contribution in [1.82, 2.24) is 5.32 Å². The Bertz CT molecular complexity index is 297. The predicted molar refractivity (Wildman–Crippen MR) is 110 cm³/mol. The molecule has 0 spiro atoms. The third kappa shape index (κ3) is 18.2. The van der Waals surface area contributed by atoms with E-state index in [1.165, 1.54) is 51.4 Å². The molecule has 0 fully saturated rings. The van der Waals surface area contributed by atoms with Gasteiger partial charge >= 0.3 is 5.97 Å². The fourth-order valence-electron chi connectivity index (χ4n) is 3.13. The van der Waals surface area contributed by atoms with Gasteiger partial charge in [-0.3, -0.25) is 4.79 Å². The minimum atomic E-state index is -0.0327. The van der Waals surface area contributed by atoms with Crippen LogP contribution in [0.25, 0.3) is 0 Å². The average Bonchev–Trinajstić information content (AvgIpc) is 2.63. The van der Waals surface area contributed by atoms with Crippen LogP contribution in [-0.2, 0) is 9.53 Å². The minimum absolute atomic E-state index is 0.0327. The lowest BCUT2D eigenvalue weighted by molar-refractivity contribution is -0.150. The van der Waals surface area contributed by atoms with Crippen molar-refractivity contribution in [2.45, 2.75) is 116 Å². The van der Waals surface area contributed by atoms with Gasteiger partial charge in [-0.25, -0.2) is 0 Å². The van der Waals surface area contributed by atoms with Crippen LogP contribution in [-0.4, -0.2) is 36.9 Å². The van der Waals surface area contributed by atoms with Crippen molar-refractivity contribution in [3.8, 4) is 0 Å². The smallest absolute Gasteiger partial charge is 0.306 e. The van der Waals surface area contributed by atoms with Crippen LogP contribution in [0, 0.1) is 0 Å². The highest BCUT2D eigenvalue weighted by Gasteiger charge is 2.14. The number of aliphatic hydroxyl groups excluding tert-OH is 1. The van der Waals surface area contributed by atoms with Crippen LogP contribution in [0.5, 0.6) is 0 Å². The van der Waals surface area contributed by atoms with Crippen molar-refractivity contribution in [3.63, 3.8) is 0 Å². The number of aliphatic hydroxyl groups is 1. The number of rotatable bonds is 20. The second-order valence-corrected chi connectivity index (χ2v) is 7.45. The molecule has 156 valence electrons. The summed E-state index contributed by atoms with van der Waals surface area (Å²) in [6.45, 7) is 6.47. The SMILES string of the molecule is CCCCCCCCC(CCCCC)OC(=O)CCCNCCCCO. The average molecular weight is 372 g/mol. The third-order valence-electron chi connectivity index (χ3n) is 4.80. The minimum Gasteiger partial charge on any atom is -0.462 e.